The molecule has 0 saturated carbocycles. The van der Waals surface area contributed by atoms with Gasteiger partial charge in [0.25, 0.3) is 0 Å². The van der Waals surface area contributed by atoms with Crippen molar-refractivity contribution >= 4 is 6.21 Å². The molecule has 0 radical (unpaired) electrons. The van der Waals surface area contributed by atoms with Gasteiger partial charge >= 0.3 is 0 Å². The van der Waals surface area contributed by atoms with Gasteiger partial charge in [-0.2, -0.15) is 0 Å². The number of nitrogens with zero attached hydrogens (tertiary/aromatic N) is 1. The van der Waals surface area contributed by atoms with Crippen LogP contribution in [0, 0.1) is 5.92 Å². The number of hydrogen-bond donors (Lipinski definition) is 0. The second kappa shape index (κ2) is 8.25. The number of aliphatic imine (C=N–C) groups is 1. The van der Waals surface area contributed by atoms with Crippen LogP contribution in [0.2, 0.25) is 0 Å². The first-order valence-electron chi connectivity index (χ1n) is 4.42. The van der Waals surface area contributed by atoms with Crippen molar-refractivity contribution in [1.82, 2.24) is 0 Å². The second-order valence-corrected chi connectivity index (χ2v) is 2.75. The minimum absolute atomic E-state index is 0.426. The van der Waals surface area contributed by atoms with Crippen LogP contribution in [0.1, 0.15) is 34.6 Å². The first-order chi connectivity index (χ1) is 5.54. The van der Waals surface area contributed by atoms with E-state index in [1.165, 1.54) is 0 Å². The topological polar surface area (TPSA) is 12.4 Å². The van der Waals surface area contributed by atoms with Crippen molar-refractivity contribution in [2.24, 2.45) is 10.9 Å². The van der Waals surface area contributed by atoms with E-state index >= 15 is 0 Å². The third-order valence-corrected chi connectivity index (χ3v) is 1.12. The molecule has 0 aliphatic carbocycles. The van der Waals surface area contributed by atoms with Crippen LogP contribution in [0.15, 0.2) is 29.4 Å². The molecule has 0 aliphatic rings. The lowest BCUT2D eigenvalue weighted by molar-refractivity contribution is 0.763. The van der Waals surface area contributed by atoms with Gasteiger partial charge in [0.1, 0.15) is 0 Å². The Hall–Kier alpha value is -0.850. The minimum Gasteiger partial charge on any atom is -0.261 e. The largest absolute Gasteiger partial charge is 0.261 e. The van der Waals surface area contributed by atoms with Crippen molar-refractivity contribution in [2.75, 3.05) is 0 Å². The molecule has 0 saturated heterocycles. The van der Waals surface area contributed by atoms with Gasteiger partial charge in [0.15, 0.2) is 0 Å². The molecule has 0 aromatic carbocycles. The summed E-state index contributed by atoms with van der Waals surface area (Å²) in [4.78, 5) is 4.10. The molecule has 0 amide bonds. The van der Waals surface area contributed by atoms with Gasteiger partial charge in [-0.15, -0.1) is 0 Å². The Labute approximate surface area is 76.9 Å². The smallest absolute Gasteiger partial charge is 0.0357 e. The van der Waals surface area contributed by atoms with Crippen LogP contribution in [-0.4, -0.2) is 6.21 Å². The van der Waals surface area contributed by atoms with Crippen LogP contribution >= 0.6 is 0 Å². The van der Waals surface area contributed by atoms with Crippen LogP contribution in [0.5, 0.6) is 0 Å². The van der Waals surface area contributed by atoms with Gasteiger partial charge in [-0.1, -0.05) is 40.9 Å². The fraction of sp³-hybridized carbons (Fsp3) is 0.545. The van der Waals surface area contributed by atoms with Crippen molar-refractivity contribution in [2.45, 2.75) is 34.6 Å². The fourth-order valence-corrected chi connectivity index (χ4v) is 0.342. The molecule has 0 atom stereocenters. The molecule has 0 aliphatic heterocycles. The zero-order valence-electron chi connectivity index (χ0n) is 9.02. The first kappa shape index (κ1) is 13.7. The van der Waals surface area contributed by atoms with Crippen LogP contribution < -0.4 is 0 Å². The predicted octanol–water partition coefficient (Wildman–Crippen LogP) is 3.83. The first-order valence-corrected chi connectivity index (χ1v) is 4.42. The van der Waals surface area contributed by atoms with Gasteiger partial charge in [0, 0.05) is 11.9 Å². The summed E-state index contributed by atoms with van der Waals surface area (Å²) in [5, 5.41) is 0. The van der Waals surface area contributed by atoms with E-state index in [-0.39, 0.29) is 0 Å². The van der Waals surface area contributed by atoms with Crippen LogP contribution in [0.3, 0.4) is 0 Å². The van der Waals surface area contributed by atoms with Gasteiger partial charge < -0.3 is 0 Å². The highest BCUT2D eigenvalue weighted by molar-refractivity contribution is 5.77. The van der Waals surface area contributed by atoms with Crippen molar-refractivity contribution < 1.29 is 0 Å². The molecule has 0 N–H and O–H groups in total. The summed E-state index contributed by atoms with van der Waals surface area (Å²) in [6, 6.07) is 0. The molecule has 0 rings (SSSR count). The van der Waals surface area contributed by atoms with Gasteiger partial charge in [0.2, 0.25) is 0 Å². The molecule has 70 valence electrons. The highest BCUT2D eigenvalue weighted by Gasteiger charge is 1.94. The summed E-state index contributed by atoms with van der Waals surface area (Å²) >= 11 is 0. The molecule has 0 bridgehead atoms. The Bertz CT molecular complexity index is 164. The van der Waals surface area contributed by atoms with E-state index in [9.17, 15) is 0 Å². The third-order valence-electron chi connectivity index (χ3n) is 1.12. The van der Waals surface area contributed by atoms with E-state index in [2.05, 4.69) is 32.0 Å². The average Bonchev–Trinajstić information content (AvgIpc) is 2.03. The molecule has 0 spiro atoms. The summed E-state index contributed by atoms with van der Waals surface area (Å²) in [6.07, 6.45) is 1.74. The van der Waals surface area contributed by atoms with E-state index in [0.717, 1.165) is 11.3 Å². The van der Waals surface area contributed by atoms with Gasteiger partial charge in [0.05, 0.1) is 0 Å². The van der Waals surface area contributed by atoms with Gasteiger partial charge in [-0.05, 0) is 18.4 Å². The van der Waals surface area contributed by atoms with Crippen molar-refractivity contribution in [1.29, 1.82) is 0 Å². The highest BCUT2D eigenvalue weighted by Crippen LogP contribution is 2.06. The summed E-state index contributed by atoms with van der Waals surface area (Å²) in [5.41, 5.74) is 1.87. The van der Waals surface area contributed by atoms with E-state index in [0.29, 0.717) is 5.92 Å². The molecular formula is C11H21N. The monoisotopic (exact) mass is 167 g/mol. The number of allylic oxidation sites excluding steroid dienone is 2. The Morgan fingerprint density at radius 1 is 1.25 bits per heavy atom. The summed E-state index contributed by atoms with van der Waals surface area (Å²) in [7, 11) is 0. The van der Waals surface area contributed by atoms with Crippen LogP contribution in [0.4, 0.5) is 0 Å². The lowest BCUT2D eigenvalue weighted by Crippen LogP contribution is -1.88. The molecule has 12 heavy (non-hydrogen) atoms. The second-order valence-electron chi connectivity index (χ2n) is 2.75. The van der Waals surface area contributed by atoms with Crippen LogP contribution in [0.25, 0.3) is 0 Å². The van der Waals surface area contributed by atoms with Gasteiger partial charge in [-0.25, -0.2) is 0 Å². The maximum Gasteiger partial charge on any atom is 0.0357 e. The number of rotatable bonds is 3. The van der Waals surface area contributed by atoms with Gasteiger partial charge in [-0.3, -0.25) is 4.99 Å². The molecule has 0 aromatic heterocycles. The fourth-order valence-electron chi connectivity index (χ4n) is 0.342. The van der Waals surface area contributed by atoms with Crippen molar-refractivity contribution in [3.63, 3.8) is 0 Å². The molecule has 0 aromatic rings. The quantitative estimate of drug-likeness (QED) is 0.566. The molecule has 0 heterocycles. The average molecular weight is 167 g/mol. The van der Waals surface area contributed by atoms with E-state index < -0.39 is 0 Å². The number of hydrogen-bond acceptors (Lipinski definition) is 1. The maximum atomic E-state index is 4.10. The summed E-state index contributed by atoms with van der Waals surface area (Å²) < 4.78 is 0. The van der Waals surface area contributed by atoms with E-state index in [4.69, 9.17) is 0 Å². The predicted molar refractivity (Wildman–Crippen MR) is 58.6 cm³/mol. The standard InChI is InChI=1S/C9H15N.C2H6/c1-7(2)6-10-9(5)8(3)4;1-2/h6,8H,1,5H2,2-4H3;1-2H3. The SMILES string of the molecule is C=C(C)C=NC(=C)C(C)C.CC. The molecular weight excluding hydrogens is 146 g/mol. The van der Waals surface area contributed by atoms with E-state index in [1.807, 2.05) is 20.8 Å². The molecule has 1 nitrogen and oxygen atoms in total. The lowest BCUT2D eigenvalue weighted by Gasteiger charge is -2.00. The molecule has 0 unspecified atom stereocenters. The Morgan fingerprint density at radius 2 is 1.67 bits per heavy atom. The van der Waals surface area contributed by atoms with E-state index in [1.54, 1.807) is 6.21 Å². The minimum atomic E-state index is 0.426. The third kappa shape index (κ3) is 9.15. The Kier molecular flexibility index (Phi) is 9.43. The summed E-state index contributed by atoms with van der Waals surface area (Å²) in [5.74, 6) is 0.426. The zero-order chi connectivity index (χ0) is 10.1. The Morgan fingerprint density at radius 3 is 1.92 bits per heavy atom. The van der Waals surface area contributed by atoms with Crippen molar-refractivity contribution in [3.8, 4) is 0 Å². The molecule has 0 fully saturated rings. The van der Waals surface area contributed by atoms with Crippen molar-refractivity contribution in [3.05, 3.63) is 24.4 Å². The van der Waals surface area contributed by atoms with Crippen LogP contribution in [-0.2, 0) is 0 Å². The summed E-state index contributed by atoms with van der Waals surface area (Å²) in [6.45, 7) is 17.5. The normalized spacial score (nSPS) is 9.50. The lowest BCUT2D eigenvalue weighted by atomic mass is 10.2. The highest BCUT2D eigenvalue weighted by atomic mass is 14.7. The Balaban J connectivity index is 0. The maximum absolute atomic E-state index is 4.10. The molecule has 1 heteroatoms. The zero-order valence-corrected chi connectivity index (χ0v) is 9.02.